The minimum absolute atomic E-state index is 0.139. The largest absolute Gasteiger partial charge is 0.481 e. The Balaban J connectivity index is 3.17. The van der Waals surface area contributed by atoms with Crippen molar-refractivity contribution >= 4 is 45.1 Å². The van der Waals surface area contributed by atoms with Gasteiger partial charge in [-0.1, -0.05) is 23.2 Å². The first kappa shape index (κ1) is 10.8. The second-order valence-corrected chi connectivity index (χ2v) is 4.00. The van der Waals surface area contributed by atoms with E-state index in [0.29, 0.717) is 20.1 Å². The number of hydrogen-bond acceptors (Lipinski definition) is 1. The molecule has 2 nitrogen and oxygen atoms in total. The van der Waals surface area contributed by atoms with Crippen molar-refractivity contribution in [1.82, 2.24) is 0 Å². The summed E-state index contributed by atoms with van der Waals surface area (Å²) in [5.74, 6) is -0.940. The Morgan fingerprint density at radius 1 is 1.38 bits per heavy atom. The molecule has 1 N–H and O–H groups in total. The number of carboxylic acid groups (broad SMARTS) is 1. The smallest absolute Gasteiger partial charge is 0.307 e. The summed E-state index contributed by atoms with van der Waals surface area (Å²) in [4.78, 5) is 10.5. The lowest BCUT2D eigenvalue weighted by molar-refractivity contribution is -0.136. The third-order valence-electron chi connectivity index (χ3n) is 1.47. The molecule has 0 unspecified atom stereocenters. The maximum Gasteiger partial charge on any atom is 0.307 e. The molecule has 0 aliphatic rings. The summed E-state index contributed by atoms with van der Waals surface area (Å²) in [6.45, 7) is 0. The number of aliphatic carboxylic acids is 1. The Morgan fingerprint density at radius 2 is 1.92 bits per heavy atom. The van der Waals surface area contributed by atoms with Gasteiger partial charge in [-0.3, -0.25) is 4.79 Å². The molecule has 0 radical (unpaired) electrons. The lowest BCUT2D eigenvalue weighted by Gasteiger charge is -2.05. The molecule has 0 saturated carbocycles. The predicted molar refractivity (Wildman–Crippen MR) is 55.5 cm³/mol. The molecule has 0 aliphatic carbocycles. The third kappa shape index (κ3) is 2.59. The lowest BCUT2D eigenvalue weighted by Crippen LogP contribution is -2.01. The van der Waals surface area contributed by atoms with Crippen molar-refractivity contribution in [2.24, 2.45) is 0 Å². The highest BCUT2D eigenvalue weighted by Gasteiger charge is 2.11. The van der Waals surface area contributed by atoms with Crippen LogP contribution in [0.1, 0.15) is 5.56 Å². The Morgan fingerprint density at radius 3 is 2.46 bits per heavy atom. The quantitative estimate of drug-likeness (QED) is 0.845. The predicted octanol–water partition coefficient (Wildman–Crippen LogP) is 3.38. The molecule has 0 fully saturated rings. The van der Waals surface area contributed by atoms with E-state index in [4.69, 9.17) is 28.3 Å². The van der Waals surface area contributed by atoms with Crippen molar-refractivity contribution in [2.75, 3.05) is 0 Å². The normalized spacial score (nSPS) is 10.1. The number of halogens is 3. The van der Waals surface area contributed by atoms with Gasteiger partial charge in [0, 0.05) is 9.50 Å². The Kier molecular flexibility index (Phi) is 3.59. The van der Waals surface area contributed by atoms with Crippen LogP contribution in [-0.2, 0) is 11.2 Å². The SMILES string of the molecule is O=C(O)Cc1c(Cl)ccc(Cl)c1Br. The second-order valence-electron chi connectivity index (χ2n) is 2.39. The van der Waals surface area contributed by atoms with E-state index in [1.54, 1.807) is 12.1 Å². The molecular weight excluding hydrogens is 279 g/mol. The van der Waals surface area contributed by atoms with Gasteiger partial charge in [-0.15, -0.1) is 0 Å². The lowest BCUT2D eigenvalue weighted by atomic mass is 10.1. The first-order valence-corrected chi connectivity index (χ1v) is 4.91. The van der Waals surface area contributed by atoms with Crippen molar-refractivity contribution in [1.29, 1.82) is 0 Å². The highest BCUT2D eigenvalue weighted by atomic mass is 79.9. The van der Waals surface area contributed by atoms with Crippen LogP contribution in [0.5, 0.6) is 0 Å². The highest BCUT2D eigenvalue weighted by molar-refractivity contribution is 9.10. The van der Waals surface area contributed by atoms with Crippen molar-refractivity contribution in [3.63, 3.8) is 0 Å². The fourth-order valence-electron chi connectivity index (χ4n) is 0.882. The molecule has 70 valence electrons. The average molecular weight is 284 g/mol. The van der Waals surface area contributed by atoms with Crippen molar-refractivity contribution in [2.45, 2.75) is 6.42 Å². The van der Waals surface area contributed by atoms with Gasteiger partial charge in [-0.05, 0) is 33.6 Å². The molecule has 13 heavy (non-hydrogen) atoms. The van der Waals surface area contributed by atoms with E-state index < -0.39 is 5.97 Å². The molecule has 0 aliphatic heterocycles. The molecule has 1 rings (SSSR count). The number of carboxylic acids is 1. The number of rotatable bonds is 2. The van der Waals surface area contributed by atoms with Crippen LogP contribution in [0, 0.1) is 0 Å². The van der Waals surface area contributed by atoms with Gasteiger partial charge < -0.3 is 5.11 Å². The number of hydrogen-bond donors (Lipinski definition) is 1. The summed E-state index contributed by atoms with van der Waals surface area (Å²) in [6.07, 6.45) is -0.139. The molecule has 1 aromatic carbocycles. The summed E-state index contributed by atoms with van der Waals surface area (Å²) in [5.41, 5.74) is 0.502. The van der Waals surface area contributed by atoms with Crippen LogP contribution in [0.4, 0.5) is 0 Å². The molecule has 0 spiro atoms. The topological polar surface area (TPSA) is 37.3 Å². The maximum atomic E-state index is 10.5. The molecule has 0 saturated heterocycles. The third-order valence-corrected chi connectivity index (χ3v) is 3.27. The fraction of sp³-hybridized carbons (Fsp3) is 0.125. The van der Waals surface area contributed by atoms with Gasteiger partial charge in [0.2, 0.25) is 0 Å². The zero-order valence-corrected chi connectivity index (χ0v) is 9.45. The fourth-order valence-corrected chi connectivity index (χ4v) is 1.88. The molecule has 0 bridgehead atoms. The molecule has 5 heteroatoms. The van der Waals surface area contributed by atoms with Crippen LogP contribution in [-0.4, -0.2) is 11.1 Å². The minimum Gasteiger partial charge on any atom is -0.481 e. The molecule has 1 aromatic rings. The minimum atomic E-state index is -0.940. The van der Waals surface area contributed by atoms with E-state index in [-0.39, 0.29) is 6.42 Å². The van der Waals surface area contributed by atoms with Crippen molar-refractivity contribution in [3.8, 4) is 0 Å². The van der Waals surface area contributed by atoms with Crippen LogP contribution < -0.4 is 0 Å². The van der Waals surface area contributed by atoms with Crippen LogP contribution in [0.15, 0.2) is 16.6 Å². The Bertz CT molecular complexity index is 352. The first-order chi connectivity index (χ1) is 6.02. The van der Waals surface area contributed by atoms with E-state index in [1.807, 2.05) is 0 Å². The maximum absolute atomic E-state index is 10.5. The Hall–Kier alpha value is -0.250. The summed E-state index contributed by atoms with van der Waals surface area (Å²) in [5, 5.41) is 9.44. The van der Waals surface area contributed by atoms with Crippen LogP contribution in [0.25, 0.3) is 0 Å². The molecule has 0 atom stereocenters. The molecule has 0 amide bonds. The number of benzene rings is 1. The first-order valence-electron chi connectivity index (χ1n) is 3.36. The average Bonchev–Trinajstić information content (AvgIpc) is 2.05. The van der Waals surface area contributed by atoms with E-state index in [2.05, 4.69) is 15.9 Å². The highest BCUT2D eigenvalue weighted by Crippen LogP contribution is 2.31. The summed E-state index contributed by atoms with van der Waals surface area (Å²) in [6, 6.07) is 3.19. The number of carbonyl (C=O) groups is 1. The summed E-state index contributed by atoms with van der Waals surface area (Å²) >= 11 is 14.7. The van der Waals surface area contributed by atoms with E-state index in [1.165, 1.54) is 0 Å². The molecule has 0 heterocycles. The van der Waals surface area contributed by atoms with Gasteiger partial charge in [0.15, 0.2) is 0 Å². The van der Waals surface area contributed by atoms with E-state index in [0.717, 1.165) is 0 Å². The van der Waals surface area contributed by atoms with Gasteiger partial charge in [0.25, 0.3) is 0 Å². The van der Waals surface area contributed by atoms with Crippen molar-refractivity contribution in [3.05, 3.63) is 32.2 Å². The summed E-state index contributed by atoms with van der Waals surface area (Å²) < 4.78 is 0.545. The zero-order chi connectivity index (χ0) is 10.0. The summed E-state index contributed by atoms with van der Waals surface area (Å²) in [7, 11) is 0. The van der Waals surface area contributed by atoms with Crippen LogP contribution >= 0.6 is 39.1 Å². The van der Waals surface area contributed by atoms with Gasteiger partial charge in [0.05, 0.1) is 11.4 Å². The van der Waals surface area contributed by atoms with Crippen LogP contribution in [0.3, 0.4) is 0 Å². The van der Waals surface area contributed by atoms with E-state index in [9.17, 15) is 4.79 Å². The second kappa shape index (κ2) is 4.31. The Labute approximate surface area is 93.6 Å². The standard InChI is InChI=1S/C8H5BrCl2O2/c9-8-4(3-7(12)13)5(10)1-2-6(8)11/h1-2H,3H2,(H,12,13). The van der Waals surface area contributed by atoms with E-state index >= 15 is 0 Å². The van der Waals surface area contributed by atoms with Crippen molar-refractivity contribution < 1.29 is 9.90 Å². The van der Waals surface area contributed by atoms with Crippen LogP contribution in [0.2, 0.25) is 10.0 Å². The van der Waals surface area contributed by atoms with Gasteiger partial charge >= 0.3 is 5.97 Å². The van der Waals surface area contributed by atoms with Gasteiger partial charge in [-0.25, -0.2) is 0 Å². The molecular formula is C8H5BrCl2O2. The zero-order valence-electron chi connectivity index (χ0n) is 6.35. The molecule has 0 aromatic heterocycles. The monoisotopic (exact) mass is 282 g/mol. The van der Waals surface area contributed by atoms with Gasteiger partial charge in [0.1, 0.15) is 0 Å². The van der Waals surface area contributed by atoms with Gasteiger partial charge in [-0.2, -0.15) is 0 Å².